The second-order valence-electron chi connectivity index (χ2n) is 6.10. The van der Waals surface area contributed by atoms with Crippen LogP contribution in [-0.2, 0) is 0 Å². The first-order valence-corrected chi connectivity index (χ1v) is 7.77. The van der Waals surface area contributed by atoms with Crippen molar-refractivity contribution in [1.82, 2.24) is 4.90 Å². The molecule has 0 spiro atoms. The summed E-state index contributed by atoms with van der Waals surface area (Å²) in [6, 6.07) is 11.1. The van der Waals surface area contributed by atoms with Gasteiger partial charge in [0, 0.05) is 12.6 Å². The lowest BCUT2D eigenvalue weighted by Gasteiger charge is -2.26. The zero-order valence-corrected chi connectivity index (χ0v) is 12.7. The number of rotatable bonds is 3. The Balaban J connectivity index is 1.92. The SMILES string of the molecule is C[C@@H](O)C[C@H]1CCCN1C(=O)c1cc2ccccc2cc1O. The Morgan fingerprint density at radius 3 is 2.68 bits per heavy atom. The molecule has 0 aliphatic carbocycles. The Kier molecular flexibility index (Phi) is 4.03. The highest BCUT2D eigenvalue weighted by atomic mass is 16.3. The zero-order valence-electron chi connectivity index (χ0n) is 12.7. The molecule has 4 nitrogen and oxygen atoms in total. The molecule has 1 heterocycles. The zero-order chi connectivity index (χ0) is 15.7. The van der Waals surface area contributed by atoms with Crippen LogP contribution >= 0.6 is 0 Å². The Morgan fingerprint density at radius 2 is 2.00 bits per heavy atom. The van der Waals surface area contributed by atoms with Crippen molar-refractivity contribution in [2.75, 3.05) is 6.54 Å². The number of nitrogens with zero attached hydrogens (tertiary/aromatic N) is 1. The summed E-state index contributed by atoms with van der Waals surface area (Å²) in [4.78, 5) is 14.6. The molecule has 0 unspecified atom stereocenters. The van der Waals surface area contributed by atoms with Crippen LogP contribution in [0.15, 0.2) is 36.4 Å². The van der Waals surface area contributed by atoms with E-state index in [0.717, 1.165) is 23.6 Å². The lowest BCUT2D eigenvalue weighted by molar-refractivity contribution is 0.0679. The first-order valence-electron chi connectivity index (χ1n) is 7.77. The van der Waals surface area contributed by atoms with Gasteiger partial charge in [0.25, 0.3) is 5.91 Å². The molecule has 2 atom stereocenters. The topological polar surface area (TPSA) is 60.8 Å². The number of benzene rings is 2. The highest BCUT2D eigenvalue weighted by molar-refractivity contribution is 6.01. The molecule has 4 heteroatoms. The number of carbonyl (C=O) groups excluding carboxylic acids is 1. The molecule has 3 rings (SSSR count). The first kappa shape index (κ1) is 14.9. The fraction of sp³-hybridized carbons (Fsp3) is 0.389. The molecule has 1 saturated heterocycles. The van der Waals surface area contributed by atoms with Crippen molar-refractivity contribution >= 4 is 16.7 Å². The normalized spacial score (nSPS) is 19.5. The van der Waals surface area contributed by atoms with E-state index < -0.39 is 6.10 Å². The largest absolute Gasteiger partial charge is 0.507 e. The molecular formula is C18H21NO3. The van der Waals surface area contributed by atoms with Gasteiger partial charge in [-0.25, -0.2) is 0 Å². The Labute approximate surface area is 130 Å². The van der Waals surface area contributed by atoms with Crippen LogP contribution in [0, 0.1) is 0 Å². The number of aliphatic hydroxyl groups excluding tert-OH is 1. The molecule has 0 saturated carbocycles. The highest BCUT2D eigenvalue weighted by Crippen LogP contribution is 2.29. The molecular weight excluding hydrogens is 278 g/mol. The molecule has 22 heavy (non-hydrogen) atoms. The number of fused-ring (bicyclic) bond motifs is 1. The van der Waals surface area contributed by atoms with Gasteiger partial charge in [0.2, 0.25) is 0 Å². The smallest absolute Gasteiger partial charge is 0.257 e. The number of hydrogen-bond donors (Lipinski definition) is 2. The molecule has 1 amide bonds. The van der Waals surface area contributed by atoms with Crippen molar-refractivity contribution in [2.24, 2.45) is 0 Å². The van der Waals surface area contributed by atoms with Crippen LogP contribution in [0.4, 0.5) is 0 Å². The van der Waals surface area contributed by atoms with E-state index in [9.17, 15) is 15.0 Å². The minimum atomic E-state index is -0.427. The van der Waals surface area contributed by atoms with Crippen molar-refractivity contribution < 1.29 is 15.0 Å². The summed E-state index contributed by atoms with van der Waals surface area (Å²) < 4.78 is 0. The van der Waals surface area contributed by atoms with E-state index in [-0.39, 0.29) is 17.7 Å². The van der Waals surface area contributed by atoms with E-state index in [2.05, 4.69) is 0 Å². The van der Waals surface area contributed by atoms with Crippen LogP contribution in [0.2, 0.25) is 0 Å². The first-order chi connectivity index (χ1) is 10.6. The molecule has 2 aromatic carbocycles. The molecule has 2 aromatic rings. The summed E-state index contributed by atoms with van der Waals surface area (Å²) in [5.74, 6) is -0.127. The number of carbonyl (C=O) groups is 1. The predicted molar refractivity (Wildman–Crippen MR) is 86.0 cm³/mol. The van der Waals surface area contributed by atoms with Gasteiger partial charge in [-0.05, 0) is 49.1 Å². The van der Waals surface area contributed by atoms with Crippen molar-refractivity contribution in [3.8, 4) is 5.75 Å². The van der Waals surface area contributed by atoms with Crippen LogP contribution < -0.4 is 0 Å². The Hall–Kier alpha value is -2.07. The third-order valence-electron chi connectivity index (χ3n) is 4.35. The van der Waals surface area contributed by atoms with Gasteiger partial charge in [-0.15, -0.1) is 0 Å². The number of phenols is 1. The predicted octanol–water partition coefficient (Wildman–Crippen LogP) is 2.92. The molecule has 1 aliphatic rings. The molecule has 116 valence electrons. The van der Waals surface area contributed by atoms with Crippen LogP contribution in [0.25, 0.3) is 10.8 Å². The number of phenolic OH excluding ortho intramolecular Hbond substituents is 1. The minimum Gasteiger partial charge on any atom is -0.507 e. The maximum Gasteiger partial charge on any atom is 0.257 e. The summed E-state index contributed by atoms with van der Waals surface area (Å²) >= 11 is 0. The van der Waals surface area contributed by atoms with Gasteiger partial charge >= 0.3 is 0 Å². The van der Waals surface area contributed by atoms with Crippen molar-refractivity contribution in [1.29, 1.82) is 0 Å². The minimum absolute atomic E-state index is 0.0198. The van der Waals surface area contributed by atoms with Crippen molar-refractivity contribution in [3.05, 3.63) is 42.0 Å². The maximum absolute atomic E-state index is 12.8. The molecule has 0 radical (unpaired) electrons. The van der Waals surface area contributed by atoms with Crippen LogP contribution in [0.1, 0.15) is 36.5 Å². The van der Waals surface area contributed by atoms with E-state index in [1.54, 1.807) is 24.0 Å². The monoisotopic (exact) mass is 299 g/mol. The lowest BCUT2D eigenvalue weighted by atomic mass is 10.0. The highest BCUT2D eigenvalue weighted by Gasteiger charge is 2.31. The quantitative estimate of drug-likeness (QED) is 0.916. The van der Waals surface area contributed by atoms with Crippen LogP contribution in [0.3, 0.4) is 0 Å². The average Bonchev–Trinajstić information content (AvgIpc) is 2.93. The van der Waals surface area contributed by atoms with Crippen molar-refractivity contribution in [3.63, 3.8) is 0 Å². The van der Waals surface area contributed by atoms with Gasteiger partial charge in [-0.3, -0.25) is 4.79 Å². The number of amides is 1. The van der Waals surface area contributed by atoms with Gasteiger partial charge < -0.3 is 15.1 Å². The maximum atomic E-state index is 12.8. The van der Waals surface area contributed by atoms with E-state index >= 15 is 0 Å². The van der Waals surface area contributed by atoms with Crippen molar-refractivity contribution in [2.45, 2.75) is 38.3 Å². The fourth-order valence-electron chi connectivity index (χ4n) is 3.30. The average molecular weight is 299 g/mol. The number of likely N-dealkylation sites (tertiary alicyclic amines) is 1. The van der Waals surface area contributed by atoms with Gasteiger partial charge in [0.05, 0.1) is 11.7 Å². The summed E-state index contributed by atoms with van der Waals surface area (Å²) in [6.45, 7) is 2.43. The third-order valence-corrected chi connectivity index (χ3v) is 4.35. The molecule has 1 fully saturated rings. The molecule has 2 N–H and O–H groups in total. The number of aromatic hydroxyl groups is 1. The lowest BCUT2D eigenvalue weighted by Crippen LogP contribution is -2.37. The standard InChI is InChI=1S/C18H21NO3/c1-12(20)9-15-7-4-8-19(15)18(22)16-10-13-5-2-3-6-14(13)11-17(16)21/h2-3,5-6,10-12,15,20-21H,4,7-9H2,1H3/t12-,15-/m1/s1. The molecule has 0 bridgehead atoms. The number of aliphatic hydroxyl groups is 1. The van der Waals surface area contributed by atoms with Gasteiger partial charge in [-0.1, -0.05) is 24.3 Å². The van der Waals surface area contributed by atoms with Crippen LogP contribution in [0.5, 0.6) is 5.75 Å². The van der Waals surface area contributed by atoms with Gasteiger partial charge in [0.1, 0.15) is 5.75 Å². The fourth-order valence-corrected chi connectivity index (χ4v) is 3.30. The summed E-state index contributed by atoms with van der Waals surface area (Å²) in [5.41, 5.74) is 0.344. The summed E-state index contributed by atoms with van der Waals surface area (Å²) in [5, 5.41) is 21.7. The summed E-state index contributed by atoms with van der Waals surface area (Å²) in [6.07, 6.45) is 2.01. The van der Waals surface area contributed by atoms with E-state index in [4.69, 9.17) is 0 Å². The molecule has 1 aliphatic heterocycles. The second kappa shape index (κ2) is 5.97. The van der Waals surface area contributed by atoms with Crippen LogP contribution in [-0.4, -0.2) is 39.7 Å². The molecule has 0 aromatic heterocycles. The number of hydrogen-bond acceptors (Lipinski definition) is 3. The van der Waals surface area contributed by atoms with Gasteiger partial charge in [0.15, 0.2) is 0 Å². The van der Waals surface area contributed by atoms with E-state index in [1.165, 1.54) is 0 Å². The van der Waals surface area contributed by atoms with E-state index in [1.807, 2.05) is 24.3 Å². The Bertz CT molecular complexity index is 696. The van der Waals surface area contributed by atoms with E-state index in [0.29, 0.717) is 18.5 Å². The second-order valence-corrected chi connectivity index (χ2v) is 6.10. The van der Waals surface area contributed by atoms with Gasteiger partial charge in [-0.2, -0.15) is 0 Å². The Morgan fingerprint density at radius 1 is 1.32 bits per heavy atom. The summed E-state index contributed by atoms with van der Waals surface area (Å²) in [7, 11) is 0. The third kappa shape index (κ3) is 2.79.